The highest BCUT2D eigenvalue weighted by Gasteiger charge is 2.35. The summed E-state index contributed by atoms with van der Waals surface area (Å²) in [7, 11) is -3.64. The average molecular weight is 356 g/mol. The Morgan fingerprint density at radius 2 is 1.92 bits per heavy atom. The Morgan fingerprint density at radius 3 is 2.76 bits per heavy atom. The second kappa shape index (κ2) is 6.38. The highest BCUT2D eigenvalue weighted by Crippen LogP contribution is 2.27. The summed E-state index contributed by atoms with van der Waals surface area (Å²) in [4.78, 5) is 4.48. The monoisotopic (exact) mass is 356 g/mol. The van der Waals surface area contributed by atoms with E-state index in [1.807, 2.05) is 12.1 Å². The molecular weight excluding hydrogens is 340 g/mol. The fourth-order valence-electron chi connectivity index (χ4n) is 2.96. The number of pyridine rings is 1. The summed E-state index contributed by atoms with van der Waals surface area (Å²) in [6.45, 7) is 0.679. The minimum atomic E-state index is -3.64. The van der Waals surface area contributed by atoms with E-state index in [1.54, 1.807) is 42.7 Å². The fourth-order valence-corrected chi connectivity index (χ4v) is 4.61. The molecule has 1 aliphatic heterocycles. The number of nitrogens with zero attached hydrogens (tertiary/aromatic N) is 4. The maximum absolute atomic E-state index is 13.0. The first-order chi connectivity index (χ1) is 12.1. The van der Waals surface area contributed by atoms with Crippen LogP contribution in [0.5, 0.6) is 5.88 Å². The van der Waals surface area contributed by atoms with E-state index in [9.17, 15) is 8.42 Å². The molecule has 1 atom stereocenters. The van der Waals surface area contributed by atoms with Gasteiger partial charge in [0.25, 0.3) is 0 Å². The molecule has 0 bridgehead atoms. The van der Waals surface area contributed by atoms with Crippen LogP contribution in [0.1, 0.15) is 6.42 Å². The predicted octanol–water partition coefficient (Wildman–Crippen LogP) is 1.87. The summed E-state index contributed by atoms with van der Waals surface area (Å²) < 4.78 is 33.3. The Balaban J connectivity index is 1.59. The Bertz CT molecular complexity index is 990. The van der Waals surface area contributed by atoms with E-state index in [0.717, 1.165) is 5.39 Å². The van der Waals surface area contributed by atoms with Crippen molar-refractivity contribution in [2.45, 2.75) is 17.4 Å². The fraction of sp³-hybridized carbons (Fsp3) is 0.235. The molecule has 3 aromatic rings. The van der Waals surface area contributed by atoms with Gasteiger partial charge in [-0.05, 0) is 24.6 Å². The highest BCUT2D eigenvalue weighted by molar-refractivity contribution is 7.89. The van der Waals surface area contributed by atoms with E-state index in [1.165, 1.54) is 4.31 Å². The van der Waals surface area contributed by atoms with Crippen molar-refractivity contribution in [2.75, 3.05) is 13.1 Å². The smallest absolute Gasteiger partial charge is 0.245 e. The minimum absolute atomic E-state index is 0.228. The number of hydrogen-bond acceptors (Lipinski definition) is 6. The molecule has 2 aromatic heterocycles. The minimum Gasteiger partial charge on any atom is -0.472 e. The lowest BCUT2D eigenvalue weighted by Gasteiger charge is -2.17. The summed E-state index contributed by atoms with van der Waals surface area (Å²) in [6, 6.07) is 12.3. The summed E-state index contributed by atoms with van der Waals surface area (Å²) in [6.07, 6.45) is 3.53. The van der Waals surface area contributed by atoms with Crippen LogP contribution in [0.2, 0.25) is 0 Å². The molecule has 0 unspecified atom stereocenters. The van der Waals surface area contributed by atoms with Crippen molar-refractivity contribution in [3.05, 3.63) is 54.9 Å². The number of sulfonamides is 1. The van der Waals surface area contributed by atoms with Crippen molar-refractivity contribution in [3.8, 4) is 5.88 Å². The molecule has 1 aliphatic rings. The van der Waals surface area contributed by atoms with Crippen LogP contribution < -0.4 is 4.74 Å². The van der Waals surface area contributed by atoms with Crippen LogP contribution >= 0.6 is 0 Å². The van der Waals surface area contributed by atoms with Crippen molar-refractivity contribution in [3.63, 3.8) is 0 Å². The molecule has 3 heterocycles. The first-order valence-corrected chi connectivity index (χ1v) is 9.37. The zero-order chi connectivity index (χ0) is 17.3. The number of aromatic nitrogens is 3. The van der Waals surface area contributed by atoms with Gasteiger partial charge in [-0.3, -0.25) is 4.98 Å². The molecular formula is C17H16N4O3S. The lowest BCUT2D eigenvalue weighted by Crippen LogP contribution is -2.31. The van der Waals surface area contributed by atoms with Crippen molar-refractivity contribution in [2.24, 2.45) is 0 Å². The molecule has 0 spiro atoms. The molecule has 25 heavy (non-hydrogen) atoms. The van der Waals surface area contributed by atoms with Gasteiger partial charge >= 0.3 is 0 Å². The number of ether oxygens (including phenoxy) is 1. The SMILES string of the molecule is O=S(=O)(c1cccc2cccnc12)N1CC[C@@H](Oc2cccnn2)C1. The van der Waals surface area contributed by atoms with Gasteiger partial charge in [0.1, 0.15) is 11.0 Å². The number of hydrogen-bond donors (Lipinski definition) is 0. The van der Waals surface area contributed by atoms with Gasteiger partial charge in [-0.2, -0.15) is 9.40 Å². The zero-order valence-corrected chi connectivity index (χ0v) is 14.1. The molecule has 1 aromatic carbocycles. The van der Waals surface area contributed by atoms with Crippen LogP contribution in [0.15, 0.2) is 59.8 Å². The van der Waals surface area contributed by atoms with Gasteiger partial charge in [-0.15, -0.1) is 5.10 Å². The second-order valence-electron chi connectivity index (χ2n) is 5.78. The predicted molar refractivity (Wildman–Crippen MR) is 91.6 cm³/mol. The zero-order valence-electron chi connectivity index (χ0n) is 13.3. The van der Waals surface area contributed by atoms with Gasteiger partial charge in [0.15, 0.2) is 0 Å². The number of fused-ring (bicyclic) bond motifs is 1. The molecule has 7 nitrogen and oxygen atoms in total. The topological polar surface area (TPSA) is 85.3 Å². The lowest BCUT2D eigenvalue weighted by atomic mass is 10.2. The maximum atomic E-state index is 13.0. The standard InChI is InChI=1S/C17H16N4O3S/c22-25(23,15-6-1-4-13-5-2-9-18-17(13)15)21-11-8-14(12-21)24-16-7-3-10-19-20-16/h1-7,9-10,14H,8,11-12H2/t14-/m1/s1. The van der Waals surface area contributed by atoms with Crippen LogP contribution in [0, 0.1) is 0 Å². The van der Waals surface area contributed by atoms with E-state index in [0.29, 0.717) is 24.4 Å². The summed E-state index contributed by atoms with van der Waals surface area (Å²) in [5.41, 5.74) is 0.489. The summed E-state index contributed by atoms with van der Waals surface area (Å²) in [5, 5.41) is 8.44. The normalized spacial score (nSPS) is 18.5. The highest BCUT2D eigenvalue weighted by atomic mass is 32.2. The average Bonchev–Trinajstić information content (AvgIpc) is 3.11. The molecule has 8 heteroatoms. The lowest BCUT2D eigenvalue weighted by molar-refractivity contribution is 0.204. The quantitative estimate of drug-likeness (QED) is 0.709. The Kier molecular flexibility index (Phi) is 4.06. The molecule has 0 saturated carbocycles. The Labute approximate surface area is 145 Å². The van der Waals surface area contributed by atoms with Gasteiger partial charge in [-0.25, -0.2) is 8.42 Å². The Hall–Kier alpha value is -2.58. The van der Waals surface area contributed by atoms with E-state index in [2.05, 4.69) is 15.2 Å². The molecule has 0 amide bonds. The van der Waals surface area contributed by atoms with Gasteiger partial charge in [-0.1, -0.05) is 18.2 Å². The first-order valence-electron chi connectivity index (χ1n) is 7.93. The van der Waals surface area contributed by atoms with Crippen LogP contribution in [0.3, 0.4) is 0 Å². The molecule has 1 saturated heterocycles. The number of rotatable bonds is 4. The molecule has 128 valence electrons. The number of para-hydroxylation sites is 1. The molecule has 1 fully saturated rings. The van der Waals surface area contributed by atoms with Crippen LogP contribution in [-0.4, -0.2) is 47.1 Å². The third-order valence-corrected chi connectivity index (χ3v) is 6.05. The molecule has 4 rings (SSSR count). The largest absolute Gasteiger partial charge is 0.472 e. The Morgan fingerprint density at radius 1 is 1.08 bits per heavy atom. The van der Waals surface area contributed by atoms with Crippen LogP contribution in [0.25, 0.3) is 10.9 Å². The van der Waals surface area contributed by atoms with Gasteiger partial charge in [0.2, 0.25) is 15.9 Å². The van der Waals surface area contributed by atoms with E-state index < -0.39 is 10.0 Å². The van der Waals surface area contributed by atoms with Gasteiger partial charge < -0.3 is 4.74 Å². The third kappa shape index (κ3) is 3.06. The molecule has 0 radical (unpaired) electrons. The summed E-state index contributed by atoms with van der Waals surface area (Å²) in [5.74, 6) is 0.401. The molecule has 0 aliphatic carbocycles. The summed E-state index contributed by atoms with van der Waals surface area (Å²) >= 11 is 0. The van der Waals surface area contributed by atoms with Crippen molar-refractivity contribution >= 4 is 20.9 Å². The van der Waals surface area contributed by atoms with Crippen LogP contribution in [0.4, 0.5) is 0 Å². The van der Waals surface area contributed by atoms with E-state index in [4.69, 9.17) is 4.74 Å². The maximum Gasteiger partial charge on any atom is 0.245 e. The second-order valence-corrected chi connectivity index (χ2v) is 7.69. The van der Waals surface area contributed by atoms with Gasteiger partial charge in [0, 0.05) is 30.4 Å². The van der Waals surface area contributed by atoms with E-state index >= 15 is 0 Å². The third-order valence-electron chi connectivity index (χ3n) is 4.16. The molecule has 0 N–H and O–H groups in total. The first kappa shape index (κ1) is 15.9. The van der Waals surface area contributed by atoms with Crippen molar-refractivity contribution in [1.29, 1.82) is 0 Å². The van der Waals surface area contributed by atoms with E-state index in [-0.39, 0.29) is 17.5 Å². The van der Waals surface area contributed by atoms with Gasteiger partial charge in [0.05, 0.1) is 12.1 Å². The number of benzene rings is 1. The van der Waals surface area contributed by atoms with Crippen molar-refractivity contribution in [1.82, 2.24) is 19.5 Å². The van der Waals surface area contributed by atoms with Crippen LogP contribution in [-0.2, 0) is 10.0 Å². The van der Waals surface area contributed by atoms with Crippen molar-refractivity contribution < 1.29 is 13.2 Å².